The highest BCUT2D eigenvalue weighted by Gasteiger charge is 2.42. The van der Waals surface area contributed by atoms with Gasteiger partial charge in [-0.05, 0) is 37.3 Å². The maximum atomic E-state index is 14.2. The highest BCUT2D eigenvalue weighted by Crippen LogP contribution is 2.44. The van der Waals surface area contributed by atoms with E-state index in [-0.39, 0.29) is 44.2 Å². The second-order valence-electron chi connectivity index (χ2n) is 6.85. The first kappa shape index (κ1) is 24.1. The smallest absolute Gasteiger partial charge is 0.434 e. The molecule has 0 aliphatic heterocycles. The zero-order valence-electron chi connectivity index (χ0n) is 17.2. The van der Waals surface area contributed by atoms with E-state index in [9.17, 15) is 18.0 Å². The molecule has 0 aliphatic carbocycles. The molecule has 12 heteroatoms. The summed E-state index contributed by atoms with van der Waals surface area (Å²) >= 11 is 18.4. The Morgan fingerprint density at radius 2 is 1.79 bits per heavy atom. The number of carbonyl (C=O) groups excluding carboxylic acids is 1. The molecule has 0 atom stereocenters. The third kappa shape index (κ3) is 4.38. The predicted octanol–water partition coefficient (Wildman–Crippen LogP) is 7.35. The van der Waals surface area contributed by atoms with Crippen LogP contribution in [0.15, 0.2) is 53.2 Å². The van der Waals surface area contributed by atoms with E-state index in [0.717, 1.165) is 6.20 Å². The van der Waals surface area contributed by atoms with Crippen molar-refractivity contribution in [3.63, 3.8) is 0 Å². The predicted molar refractivity (Wildman–Crippen MR) is 120 cm³/mol. The van der Waals surface area contributed by atoms with Crippen molar-refractivity contribution in [2.75, 3.05) is 6.61 Å². The van der Waals surface area contributed by atoms with Gasteiger partial charge in [-0.25, -0.2) is 9.48 Å². The number of rotatable bonds is 5. The summed E-state index contributed by atoms with van der Waals surface area (Å²) in [5.74, 6) is -1.46. The Morgan fingerprint density at radius 3 is 2.41 bits per heavy atom. The minimum Gasteiger partial charge on any atom is -0.462 e. The number of ether oxygens (including phenoxy) is 1. The molecular weight excluding hydrogens is 518 g/mol. The van der Waals surface area contributed by atoms with Gasteiger partial charge in [0.15, 0.2) is 11.5 Å². The van der Waals surface area contributed by atoms with Crippen LogP contribution in [0.3, 0.4) is 0 Å². The molecule has 2 aromatic heterocycles. The molecule has 0 amide bonds. The minimum absolute atomic E-state index is 0.0486. The Balaban J connectivity index is 2.01. The fourth-order valence-electron chi connectivity index (χ4n) is 3.35. The molecule has 4 aromatic rings. The number of nitrogens with zero attached hydrogens (tertiary/aromatic N) is 3. The van der Waals surface area contributed by atoms with E-state index in [4.69, 9.17) is 44.1 Å². The van der Waals surface area contributed by atoms with Crippen LogP contribution >= 0.6 is 34.8 Å². The maximum Gasteiger partial charge on any atom is 0.434 e. The van der Waals surface area contributed by atoms with Crippen LogP contribution < -0.4 is 0 Å². The molecule has 0 N–H and O–H groups in total. The van der Waals surface area contributed by atoms with Crippen LogP contribution in [-0.4, -0.2) is 27.5 Å². The Hall–Kier alpha value is -3.01. The van der Waals surface area contributed by atoms with Crippen LogP contribution in [0.5, 0.6) is 0 Å². The average molecular weight is 531 g/mol. The van der Waals surface area contributed by atoms with E-state index in [1.165, 1.54) is 36.4 Å². The van der Waals surface area contributed by atoms with E-state index in [0.29, 0.717) is 4.68 Å². The standard InChI is InChI=1S/C22H13Cl3F3N3O3/c1-2-33-21(32)17-18(16-14(24)7-4-8-15(16)25)30-34-19(17)13-10-29-31(20(13)22(26,27)28)12-6-3-5-11(23)9-12/h3-10H,2H2,1H3. The molecule has 0 spiro atoms. The fraction of sp³-hybridized carbons (Fsp3) is 0.136. The topological polar surface area (TPSA) is 70.2 Å². The quantitative estimate of drug-likeness (QED) is 0.252. The first-order valence-corrected chi connectivity index (χ1v) is 10.8. The number of hydrogen-bond acceptors (Lipinski definition) is 5. The largest absolute Gasteiger partial charge is 0.462 e. The molecule has 2 aromatic carbocycles. The number of esters is 1. The molecule has 0 fully saturated rings. The van der Waals surface area contributed by atoms with Crippen molar-refractivity contribution in [1.82, 2.24) is 14.9 Å². The van der Waals surface area contributed by atoms with Crippen molar-refractivity contribution in [3.8, 4) is 28.3 Å². The third-order valence-corrected chi connectivity index (χ3v) is 5.57. The highest BCUT2D eigenvalue weighted by atomic mass is 35.5. The van der Waals surface area contributed by atoms with Crippen molar-refractivity contribution in [3.05, 3.63) is 75.0 Å². The van der Waals surface area contributed by atoms with Gasteiger partial charge in [0.2, 0.25) is 0 Å². The summed E-state index contributed by atoms with van der Waals surface area (Å²) in [6.45, 7) is 1.50. The summed E-state index contributed by atoms with van der Waals surface area (Å²) in [7, 11) is 0. The van der Waals surface area contributed by atoms with Crippen LogP contribution in [0.25, 0.3) is 28.3 Å². The van der Waals surface area contributed by atoms with Gasteiger partial charge in [0, 0.05) is 10.6 Å². The molecule has 0 saturated heterocycles. The highest BCUT2D eigenvalue weighted by molar-refractivity contribution is 6.39. The van der Waals surface area contributed by atoms with Crippen molar-refractivity contribution < 1.29 is 27.2 Å². The lowest BCUT2D eigenvalue weighted by atomic mass is 10.0. The van der Waals surface area contributed by atoms with Gasteiger partial charge in [-0.3, -0.25) is 0 Å². The maximum absolute atomic E-state index is 14.2. The molecule has 176 valence electrons. The van der Waals surface area contributed by atoms with Gasteiger partial charge < -0.3 is 9.26 Å². The Bertz CT molecular complexity index is 1360. The molecular formula is C22H13Cl3F3N3O3. The van der Waals surface area contributed by atoms with E-state index < -0.39 is 29.2 Å². The van der Waals surface area contributed by atoms with Crippen molar-refractivity contribution in [2.45, 2.75) is 13.1 Å². The zero-order chi connectivity index (χ0) is 24.6. The zero-order valence-corrected chi connectivity index (χ0v) is 19.4. The summed E-state index contributed by atoms with van der Waals surface area (Å²) in [6.07, 6.45) is -3.97. The summed E-state index contributed by atoms with van der Waals surface area (Å²) in [6, 6.07) is 10.3. The molecule has 0 radical (unpaired) electrons. The van der Waals surface area contributed by atoms with Gasteiger partial charge in [0.25, 0.3) is 0 Å². The Labute approximate surface area is 205 Å². The number of halogens is 6. The number of aromatic nitrogens is 3. The third-order valence-electron chi connectivity index (χ3n) is 4.71. The van der Waals surface area contributed by atoms with Crippen LogP contribution in [0, 0.1) is 0 Å². The summed E-state index contributed by atoms with van der Waals surface area (Å²) in [5, 5.41) is 8.16. The molecule has 34 heavy (non-hydrogen) atoms. The lowest BCUT2D eigenvalue weighted by Crippen LogP contribution is -2.15. The number of carbonyl (C=O) groups is 1. The molecule has 4 rings (SSSR count). The van der Waals surface area contributed by atoms with Crippen LogP contribution in [0.2, 0.25) is 15.1 Å². The van der Waals surface area contributed by atoms with Crippen molar-refractivity contribution in [2.24, 2.45) is 0 Å². The van der Waals surface area contributed by atoms with Gasteiger partial charge in [0.05, 0.1) is 34.1 Å². The van der Waals surface area contributed by atoms with Crippen molar-refractivity contribution in [1.29, 1.82) is 0 Å². The molecule has 0 bridgehead atoms. The number of alkyl halides is 3. The number of hydrogen-bond donors (Lipinski definition) is 0. The van der Waals surface area contributed by atoms with E-state index in [1.54, 1.807) is 13.0 Å². The second-order valence-corrected chi connectivity index (χ2v) is 8.10. The average Bonchev–Trinajstić information content (AvgIpc) is 3.38. The normalized spacial score (nSPS) is 11.6. The second kappa shape index (κ2) is 9.32. The minimum atomic E-state index is -4.89. The van der Waals surface area contributed by atoms with Crippen LogP contribution in [-0.2, 0) is 10.9 Å². The number of benzene rings is 2. The molecule has 2 heterocycles. The first-order valence-electron chi connectivity index (χ1n) is 9.66. The Morgan fingerprint density at radius 1 is 1.12 bits per heavy atom. The fourth-order valence-corrected chi connectivity index (χ4v) is 4.11. The summed E-state index contributed by atoms with van der Waals surface area (Å²) in [5.41, 5.74) is -2.09. The van der Waals surface area contributed by atoms with Gasteiger partial charge in [-0.15, -0.1) is 0 Å². The lowest BCUT2D eigenvalue weighted by Gasteiger charge is -2.13. The van der Waals surface area contributed by atoms with Crippen LogP contribution in [0.4, 0.5) is 13.2 Å². The summed E-state index contributed by atoms with van der Waals surface area (Å²) < 4.78 is 53.7. The first-order chi connectivity index (χ1) is 16.1. The monoisotopic (exact) mass is 529 g/mol. The van der Waals surface area contributed by atoms with Gasteiger partial charge in [0.1, 0.15) is 11.3 Å². The Kier molecular flexibility index (Phi) is 6.62. The van der Waals surface area contributed by atoms with Gasteiger partial charge in [-0.1, -0.05) is 52.1 Å². The van der Waals surface area contributed by atoms with E-state index in [1.807, 2.05) is 0 Å². The molecule has 6 nitrogen and oxygen atoms in total. The van der Waals surface area contributed by atoms with E-state index >= 15 is 0 Å². The van der Waals surface area contributed by atoms with Gasteiger partial charge >= 0.3 is 12.1 Å². The molecule has 0 unspecified atom stereocenters. The lowest BCUT2D eigenvalue weighted by molar-refractivity contribution is -0.142. The molecule has 0 saturated carbocycles. The van der Waals surface area contributed by atoms with Gasteiger partial charge in [-0.2, -0.15) is 18.3 Å². The van der Waals surface area contributed by atoms with E-state index in [2.05, 4.69) is 10.3 Å². The van der Waals surface area contributed by atoms with Crippen molar-refractivity contribution >= 4 is 40.8 Å². The summed E-state index contributed by atoms with van der Waals surface area (Å²) in [4.78, 5) is 12.9. The molecule has 0 aliphatic rings. The SMILES string of the molecule is CCOC(=O)c1c(-c2c(Cl)cccc2Cl)noc1-c1cnn(-c2cccc(Cl)c2)c1C(F)(F)F. The van der Waals surface area contributed by atoms with Crippen LogP contribution in [0.1, 0.15) is 23.0 Å².